The molecule has 1 aliphatic heterocycles. The summed E-state index contributed by atoms with van der Waals surface area (Å²) in [6.45, 7) is 11.2. The number of aliphatic imine (C=N–C) groups is 1. The van der Waals surface area contributed by atoms with E-state index in [1.165, 1.54) is 9.75 Å². The largest absolute Gasteiger partial charge is 0.379 e. The van der Waals surface area contributed by atoms with Crippen LogP contribution >= 0.6 is 35.3 Å². The van der Waals surface area contributed by atoms with Gasteiger partial charge in [0.1, 0.15) is 0 Å². The second-order valence-corrected chi connectivity index (χ2v) is 7.30. The third-order valence-corrected chi connectivity index (χ3v) is 5.24. The number of rotatable bonds is 7. The van der Waals surface area contributed by atoms with Crippen molar-refractivity contribution in [2.45, 2.75) is 26.8 Å². The second-order valence-electron chi connectivity index (χ2n) is 6.05. The fourth-order valence-corrected chi connectivity index (χ4v) is 3.56. The lowest BCUT2D eigenvalue weighted by molar-refractivity contribution is 0.0320. The quantitative estimate of drug-likeness (QED) is 0.369. The maximum absolute atomic E-state index is 5.40. The van der Waals surface area contributed by atoms with Crippen LogP contribution in [0.4, 0.5) is 0 Å². The molecule has 5 nitrogen and oxygen atoms in total. The Bertz CT molecular complexity index is 489. The molecule has 1 fully saturated rings. The lowest BCUT2D eigenvalue weighted by atomic mass is 10.1. The Kier molecular flexibility index (Phi) is 10.9. The predicted molar refractivity (Wildman–Crippen MR) is 114 cm³/mol. The highest BCUT2D eigenvalue weighted by molar-refractivity contribution is 14.0. The molecular weight excluding hydrogens is 435 g/mol. The molecule has 2 N–H and O–H groups in total. The first-order chi connectivity index (χ1) is 11.2. The van der Waals surface area contributed by atoms with E-state index in [-0.39, 0.29) is 24.0 Å². The van der Waals surface area contributed by atoms with Crippen molar-refractivity contribution >= 4 is 41.3 Å². The number of nitrogens with one attached hydrogen (secondary N) is 2. The molecule has 1 unspecified atom stereocenters. The first-order valence-corrected chi connectivity index (χ1v) is 9.35. The molecule has 7 heteroatoms. The van der Waals surface area contributed by atoms with Gasteiger partial charge in [-0.05, 0) is 24.5 Å². The molecule has 0 spiro atoms. The Morgan fingerprint density at radius 3 is 2.62 bits per heavy atom. The molecule has 0 aliphatic carbocycles. The van der Waals surface area contributed by atoms with Crippen molar-refractivity contribution in [3.63, 3.8) is 0 Å². The first kappa shape index (κ1) is 21.7. The summed E-state index contributed by atoms with van der Waals surface area (Å²) in [5.74, 6) is 1.46. The van der Waals surface area contributed by atoms with E-state index < -0.39 is 0 Å². The minimum absolute atomic E-state index is 0. The van der Waals surface area contributed by atoms with E-state index in [4.69, 9.17) is 4.74 Å². The van der Waals surface area contributed by atoms with Gasteiger partial charge in [-0.1, -0.05) is 13.8 Å². The van der Waals surface area contributed by atoms with Crippen molar-refractivity contribution in [3.8, 4) is 0 Å². The average Bonchev–Trinajstić information content (AvgIpc) is 3.04. The van der Waals surface area contributed by atoms with Crippen molar-refractivity contribution in [1.29, 1.82) is 0 Å². The molecule has 0 radical (unpaired) electrons. The number of thiophene rings is 1. The third-order valence-electron chi connectivity index (χ3n) is 4.01. The summed E-state index contributed by atoms with van der Waals surface area (Å²) in [5.41, 5.74) is 0. The molecule has 24 heavy (non-hydrogen) atoms. The van der Waals surface area contributed by atoms with Crippen LogP contribution in [0.3, 0.4) is 0 Å². The Hall–Kier alpha value is -0.380. The number of morpholine rings is 1. The van der Waals surface area contributed by atoms with E-state index in [2.05, 4.69) is 46.5 Å². The molecular formula is C17H31IN4OS. The molecule has 0 aromatic carbocycles. The zero-order chi connectivity index (χ0) is 16.5. The molecule has 1 atom stereocenters. The van der Waals surface area contributed by atoms with E-state index in [0.717, 1.165) is 58.3 Å². The van der Waals surface area contributed by atoms with Crippen LogP contribution in [0.1, 0.15) is 23.6 Å². The van der Waals surface area contributed by atoms with E-state index in [9.17, 15) is 0 Å². The van der Waals surface area contributed by atoms with Crippen molar-refractivity contribution in [2.24, 2.45) is 10.9 Å². The summed E-state index contributed by atoms with van der Waals surface area (Å²) in [6, 6.07) is 4.41. The lowest BCUT2D eigenvalue weighted by Crippen LogP contribution is -2.43. The minimum atomic E-state index is 0. The van der Waals surface area contributed by atoms with Crippen LogP contribution in [0.5, 0.6) is 0 Å². The van der Waals surface area contributed by atoms with Crippen molar-refractivity contribution in [2.75, 3.05) is 46.4 Å². The number of aryl methyl sites for hydroxylation is 1. The minimum Gasteiger partial charge on any atom is -0.379 e. The number of hydrogen-bond acceptors (Lipinski definition) is 4. The summed E-state index contributed by atoms with van der Waals surface area (Å²) in [5, 5.41) is 6.83. The zero-order valence-corrected chi connectivity index (χ0v) is 18.2. The van der Waals surface area contributed by atoms with Crippen LogP contribution in [0.15, 0.2) is 17.1 Å². The first-order valence-electron chi connectivity index (χ1n) is 8.53. The van der Waals surface area contributed by atoms with Crippen LogP contribution in [-0.2, 0) is 17.7 Å². The van der Waals surface area contributed by atoms with Crippen molar-refractivity contribution in [1.82, 2.24) is 15.5 Å². The summed E-state index contributed by atoms with van der Waals surface area (Å²) in [7, 11) is 1.83. The molecule has 1 saturated heterocycles. The van der Waals surface area contributed by atoms with Crippen molar-refractivity contribution in [3.05, 3.63) is 21.9 Å². The highest BCUT2D eigenvalue weighted by Gasteiger charge is 2.13. The van der Waals surface area contributed by atoms with E-state index in [0.29, 0.717) is 5.92 Å². The summed E-state index contributed by atoms with van der Waals surface area (Å²) in [4.78, 5) is 9.58. The smallest absolute Gasteiger partial charge is 0.191 e. The molecule has 2 heterocycles. The van der Waals surface area contributed by atoms with Crippen molar-refractivity contribution < 1.29 is 4.74 Å². The average molecular weight is 466 g/mol. The summed E-state index contributed by atoms with van der Waals surface area (Å²) < 4.78 is 5.40. The van der Waals surface area contributed by atoms with Crippen LogP contribution in [0, 0.1) is 5.92 Å². The number of nitrogens with zero attached hydrogens (tertiary/aromatic N) is 2. The van der Waals surface area contributed by atoms with Gasteiger partial charge in [0.25, 0.3) is 0 Å². The van der Waals surface area contributed by atoms with Gasteiger partial charge in [-0.25, -0.2) is 0 Å². The van der Waals surface area contributed by atoms with Crippen LogP contribution in [0.25, 0.3) is 0 Å². The molecule has 0 amide bonds. The molecule has 138 valence electrons. The Labute approximate surface area is 167 Å². The van der Waals surface area contributed by atoms with Gasteiger partial charge in [-0.15, -0.1) is 35.3 Å². The molecule has 2 rings (SSSR count). The Morgan fingerprint density at radius 2 is 2.00 bits per heavy atom. The van der Waals surface area contributed by atoms with E-state index >= 15 is 0 Å². The van der Waals surface area contributed by atoms with Gasteiger partial charge in [0, 0.05) is 43.0 Å². The van der Waals surface area contributed by atoms with Gasteiger partial charge < -0.3 is 15.4 Å². The standard InChI is InChI=1S/C17H30N4OS.HI/c1-4-15-5-6-16(23-15)12-20-17(18-3)19-11-14(2)13-21-7-9-22-10-8-21;/h5-6,14H,4,7-13H2,1-3H3,(H2,18,19,20);1H. The fourth-order valence-electron chi connectivity index (χ4n) is 2.66. The van der Waals surface area contributed by atoms with E-state index in [1.807, 2.05) is 18.4 Å². The maximum atomic E-state index is 5.40. The van der Waals surface area contributed by atoms with Gasteiger partial charge >= 0.3 is 0 Å². The van der Waals surface area contributed by atoms with Gasteiger partial charge in [-0.3, -0.25) is 9.89 Å². The topological polar surface area (TPSA) is 48.9 Å². The molecule has 0 bridgehead atoms. The number of hydrogen-bond donors (Lipinski definition) is 2. The number of halogens is 1. The molecule has 1 aliphatic rings. The summed E-state index contributed by atoms with van der Waals surface area (Å²) >= 11 is 1.87. The number of guanidine groups is 1. The van der Waals surface area contributed by atoms with Crippen LogP contribution < -0.4 is 10.6 Å². The monoisotopic (exact) mass is 466 g/mol. The number of ether oxygens (including phenoxy) is 1. The van der Waals surface area contributed by atoms with Gasteiger partial charge in [0.05, 0.1) is 19.8 Å². The Balaban J connectivity index is 0.00000288. The van der Waals surface area contributed by atoms with Gasteiger partial charge in [0.2, 0.25) is 0 Å². The SMILES string of the molecule is CCc1ccc(CNC(=NC)NCC(C)CN2CCOCC2)s1.I. The highest BCUT2D eigenvalue weighted by Crippen LogP contribution is 2.16. The Morgan fingerprint density at radius 1 is 1.29 bits per heavy atom. The molecule has 1 aromatic rings. The highest BCUT2D eigenvalue weighted by atomic mass is 127. The van der Waals surface area contributed by atoms with Crippen LogP contribution in [0.2, 0.25) is 0 Å². The zero-order valence-electron chi connectivity index (χ0n) is 15.0. The summed E-state index contributed by atoms with van der Waals surface area (Å²) in [6.07, 6.45) is 1.11. The predicted octanol–water partition coefficient (Wildman–Crippen LogP) is 2.56. The van der Waals surface area contributed by atoms with Gasteiger partial charge in [0.15, 0.2) is 5.96 Å². The lowest BCUT2D eigenvalue weighted by Gasteiger charge is -2.29. The maximum Gasteiger partial charge on any atom is 0.191 e. The van der Waals surface area contributed by atoms with E-state index in [1.54, 1.807) is 0 Å². The van der Waals surface area contributed by atoms with Crippen LogP contribution in [-0.4, -0.2) is 57.3 Å². The fraction of sp³-hybridized carbons (Fsp3) is 0.706. The third kappa shape index (κ3) is 7.67. The van der Waals surface area contributed by atoms with Gasteiger partial charge in [-0.2, -0.15) is 0 Å². The molecule has 0 saturated carbocycles. The normalized spacial score (nSPS) is 17.2. The molecule has 1 aromatic heterocycles. The second kappa shape index (κ2) is 12.1.